The molecule has 5 rings (SSSR count). The number of allylic oxidation sites excluding steroid dienone is 2. The van der Waals surface area contributed by atoms with Gasteiger partial charge >= 0.3 is 0 Å². The van der Waals surface area contributed by atoms with Crippen molar-refractivity contribution in [2.45, 2.75) is 13.0 Å². The third-order valence-corrected chi connectivity index (χ3v) is 6.15. The van der Waals surface area contributed by atoms with Gasteiger partial charge in [-0.25, -0.2) is 0 Å². The Morgan fingerprint density at radius 1 is 1.33 bits per heavy atom. The largest absolute Gasteiger partial charge is 0.454 e. The van der Waals surface area contributed by atoms with Gasteiger partial charge in [-0.05, 0) is 42.3 Å². The van der Waals surface area contributed by atoms with Crippen LogP contribution in [0.2, 0.25) is 0 Å². The molecule has 27 heavy (non-hydrogen) atoms. The zero-order valence-corrected chi connectivity index (χ0v) is 16.0. The Bertz CT molecular complexity index is 944. The monoisotopic (exact) mass is 377 g/mol. The molecule has 0 spiro atoms. The molecule has 4 aliphatic rings. The van der Waals surface area contributed by atoms with E-state index in [-0.39, 0.29) is 0 Å². The van der Waals surface area contributed by atoms with Gasteiger partial charge < -0.3 is 21.3 Å². The number of benzene rings is 1. The van der Waals surface area contributed by atoms with Crippen LogP contribution in [0.15, 0.2) is 58.6 Å². The first-order chi connectivity index (χ1) is 13.2. The summed E-state index contributed by atoms with van der Waals surface area (Å²) < 4.78 is 10.9. The summed E-state index contributed by atoms with van der Waals surface area (Å²) >= 11 is 5.56. The van der Waals surface area contributed by atoms with Crippen molar-refractivity contribution in [2.24, 2.45) is 16.8 Å². The molecular formula is C22H21N2O2S-. The van der Waals surface area contributed by atoms with E-state index in [1.807, 2.05) is 18.2 Å². The number of likely N-dealkylation sites (tertiary alicyclic amines) is 1. The van der Waals surface area contributed by atoms with Crippen LogP contribution in [0.1, 0.15) is 12.5 Å². The van der Waals surface area contributed by atoms with E-state index < -0.39 is 0 Å². The van der Waals surface area contributed by atoms with Gasteiger partial charge in [-0.3, -0.25) is 4.99 Å². The highest BCUT2D eigenvalue weighted by atomic mass is 32.1. The molecule has 3 aliphatic heterocycles. The van der Waals surface area contributed by atoms with Gasteiger partial charge in [-0.2, -0.15) is 0 Å². The minimum absolute atomic E-state index is 0.292. The number of nitrogens with zero attached hydrogens (tertiary/aromatic N) is 2. The van der Waals surface area contributed by atoms with Crippen molar-refractivity contribution in [3.63, 3.8) is 0 Å². The van der Waals surface area contributed by atoms with E-state index in [4.69, 9.17) is 26.7 Å². The van der Waals surface area contributed by atoms with E-state index in [0.717, 1.165) is 34.3 Å². The Morgan fingerprint density at radius 2 is 2.19 bits per heavy atom. The quantitative estimate of drug-likeness (QED) is 0.457. The van der Waals surface area contributed by atoms with E-state index in [1.54, 1.807) is 0 Å². The minimum Gasteiger partial charge on any atom is -0.454 e. The van der Waals surface area contributed by atoms with Crippen molar-refractivity contribution < 1.29 is 9.47 Å². The molecular weight excluding hydrogens is 356 g/mol. The van der Waals surface area contributed by atoms with Crippen LogP contribution in [0.4, 0.5) is 0 Å². The van der Waals surface area contributed by atoms with E-state index >= 15 is 0 Å². The van der Waals surface area contributed by atoms with E-state index in [0.29, 0.717) is 31.2 Å². The summed E-state index contributed by atoms with van der Waals surface area (Å²) in [6.45, 7) is 8.02. The van der Waals surface area contributed by atoms with E-state index in [1.165, 1.54) is 11.1 Å². The van der Waals surface area contributed by atoms with Gasteiger partial charge in [0, 0.05) is 30.0 Å². The lowest BCUT2D eigenvalue weighted by atomic mass is 9.90. The summed E-state index contributed by atoms with van der Waals surface area (Å²) in [7, 11) is 0. The Morgan fingerprint density at radius 3 is 2.96 bits per heavy atom. The number of rotatable bonds is 3. The molecule has 5 heteroatoms. The van der Waals surface area contributed by atoms with Crippen LogP contribution in [0.5, 0.6) is 11.5 Å². The molecule has 1 aromatic rings. The minimum atomic E-state index is 0.292. The number of hydrogen-bond donors (Lipinski definition) is 0. The molecule has 1 aliphatic carbocycles. The highest BCUT2D eigenvalue weighted by Gasteiger charge is 2.42. The Balaban J connectivity index is 1.33. The number of hydrogen-bond acceptors (Lipinski definition) is 4. The lowest BCUT2D eigenvalue weighted by Gasteiger charge is -2.39. The number of thiocarbonyl (C=S) groups is 1. The van der Waals surface area contributed by atoms with Crippen LogP contribution in [-0.2, 0) is 0 Å². The second-order valence-electron chi connectivity index (χ2n) is 7.26. The molecule has 1 saturated heterocycles. The maximum Gasteiger partial charge on any atom is 0.231 e. The summed E-state index contributed by atoms with van der Waals surface area (Å²) in [4.78, 5) is 8.00. The zero-order chi connectivity index (χ0) is 18.5. The Labute approximate surface area is 164 Å². The number of fused-ring (bicyclic) bond motifs is 2. The van der Waals surface area contributed by atoms with Gasteiger partial charge in [0.05, 0.1) is 5.71 Å². The van der Waals surface area contributed by atoms with Crippen LogP contribution in [0.25, 0.3) is 0 Å². The van der Waals surface area contributed by atoms with Crippen molar-refractivity contribution in [3.8, 4) is 11.5 Å². The molecule has 3 atom stereocenters. The van der Waals surface area contributed by atoms with E-state index in [9.17, 15) is 0 Å². The fourth-order valence-corrected chi connectivity index (χ4v) is 4.51. The first-order valence-corrected chi connectivity index (χ1v) is 9.72. The Kier molecular flexibility index (Phi) is 3.93. The first kappa shape index (κ1) is 16.8. The fourth-order valence-electron chi connectivity index (χ4n) is 4.06. The summed E-state index contributed by atoms with van der Waals surface area (Å²) in [6.07, 6.45) is 9.01. The topological polar surface area (TPSA) is 34.1 Å². The van der Waals surface area contributed by atoms with E-state index in [2.05, 4.69) is 43.1 Å². The number of ether oxygens (including phenoxy) is 2. The average Bonchev–Trinajstić information content (AvgIpc) is 3.35. The van der Waals surface area contributed by atoms with Crippen molar-refractivity contribution in [1.29, 1.82) is 0 Å². The maximum absolute atomic E-state index is 5.56. The number of dihydropyridines is 1. The molecule has 138 valence electrons. The van der Waals surface area contributed by atoms with Crippen LogP contribution in [-0.4, -0.2) is 41.5 Å². The molecule has 0 N–H and O–H groups in total. The molecule has 1 aromatic carbocycles. The lowest BCUT2D eigenvalue weighted by Crippen LogP contribution is -2.43. The molecule has 0 radical (unpaired) electrons. The Hall–Kier alpha value is -2.40. The summed E-state index contributed by atoms with van der Waals surface area (Å²) in [5.41, 5.74) is 4.78. The normalized spacial score (nSPS) is 29.6. The van der Waals surface area contributed by atoms with Gasteiger partial charge in [0.2, 0.25) is 6.79 Å². The first-order valence-electron chi connectivity index (χ1n) is 9.32. The molecule has 0 bridgehead atoms. The van der Waals surface area contributed by atoms with Crippen molar-refractivity contribution in [2.75, 3.05) is 19.9 Å². The molecule has 1 fully saturated rings. The second kappa shape index (κ2) is 6.34. The second-order valence-corrected chi connectivity index (χ2v) is 7.64. The number of aliphatic imine (C=N–C) groups is 1. The van der Waals surface area contributed by atoms with Crippen molar-refractivity contribution in [1.82, 2.24) is 4.90 Å². The highest BCUT2D eigenvalue weighted by Crippen LogP contribution is 2.45. The standard InChI is InChI=1S/C22H21N2O2S/c1-3-24-13(2)16(17-10-18(17)22(24)27)8-14-4-6-19(23-11-14)15-5-7-20-21(9-15)26-12-25-20/h4-10,13-14,17H,1,3,11-12H2,2H3/q-1/b16-8-. The summed E-state index contributed by atoms with van der Waals surface area (Å²) in [5.74, 6) is 2.34. The number of piperidine rings is 1. The smallest absolute Gasteiger partial charge is 0.231 e. The average molecular weight is 377 g/mol. The highest BCUT2D eigenvalue weighted by molar-refractivity contribution is 7.80. The van der Waals surface area contributed by atoms with Gasteiger partial charge in [-0.1, -0.05) is 30.4 Å². The SMILES string of the molecule is [CH2-]CN1C(=S)C2=CC2/C(=C\C2C=CC(c3ccc4c(c3)OCO4)=NC2)C1C. The van der Waals surface area contributed by atoms with Gasteiger partial charge in [0.15, 0.2) is 11.5 Å². The summed E-state index contributed by atoms with van der Waals surface area (Å²) in [5, 5.41) is 0. The van der Waals surface area contributed by atoms with Gasteiger partial charge in [0.25, 0.3) is 0 Å². The molecule has 0 aromatic heterocycles. The van der Waals surface area contributed by atoms with Gasteiger partial charge in [-0.15, -0.1) is 6.54 Å². The third kappa shape index (κ3) is 2.81. The van der Waals surface area contributed by atoms with Crippen molar-refractivity contribution >= 4 is 22.9 Å². The maximum atomic E-state index is 5.56. The van der Waals surface area contributed by atoms with Crippen LogP contribution < -0.4 is 9.47 Å². The molecule has 4 nitrogen and oxygen atoms in total. The van der Waals surface area contributed by atoms with Crippen LogP contribution >= 0.6 is 12.2 Å². The summed E-state index contributed by atoms with van der Waals surface area (Å²) in [6, 6.07) is 6.28. The zero-order valence-electron chi connectivity index (χ0n) is 15.2. The lowest BCUT2D eigenvalue weighted by molar-refractivity contribution is 0.174. The molecule has 0 saturated carbocycles. The molecule has 3 heterocycles. The van der Waals surface area contributed by atoms with Crippen LogP contribution in [0, 0.1) is 18.8 Å². The van der Waals surface area contributed by atoms with Gasteiger partial charge in [0.1, 0.15) is 4.99 Å². The van der Waals surface area contributed by atoms with Crippen LogP contribution in [0.3, 0.4) is 0 Å². The molecule has 3 unspecified atom stereocenters. The third-order valence-electron chi connectivity index (χ3n) is 5.68. The predicted octanol–water partition coefficient (Wildman–Crippen LogP) is 3.74. The fraction of sp³-hybridized carbons (Fsp3) is 0.318. The predicted molar refractivity (Wildman–Crippen MR) is 110 cm³/mol. The molecule has 0 amide bonds. The van der Waals surface area contributed by atoms with Crippen molar-refractivity contribution in [3.05, 3.63) is 66.1 Å².